The Kier molecular flexibility index (Phi) is 5.53. The maximum Gasteiger partial charge on any atom is 0.255 e. The lowest BCUT2D eigenvalue weighted by molar-refractivity contribution is 0.0795. The molecule has 3 heterocycles. The van der Waals surface area contributed by atoms with Gasteiger partial charge in [-0.1, -0.05) is 32.9 Å². The van der Waals surface area contributed by atoms with Crippen molar-refractivity contribution >= 4 is 17.1 Å². The van der Waals surface area contributed by atoms with E-state index in [0.717, 1.165) is 17.7 Å². The van der Waals surface area contributed by atoms with Gasteiger partial charge in [0.2, 0.25) is 5.89 Å². The van der Waals surface area contributed by atoms with E-state index in [0.29, 0.717) is 36.2 Å². The van der Waals surface area contributed by atoms with Crippen LogP contribution in [0.5, 0.6) is 0 Å². The molecule has 0 unspecified atom stereocenters. The van der Waals surface area contributed by atoms with Crippen LogP contribution in [0.3, 0.4) is 0 Å². The highest BCUT2D eigenvalue weighted by Gasteiger charge is 2.16. The Labute approximate surface area is 158 Å². The van der Waals surface area contributed by atoms with Crippen LogP contribution in [0.25, 0.3) is 11.2 Å². The number of hydrogen-bond donors (Lipinski definition) is 0. The topological polar surface area (TPSA) is 89.9 Å². The van der Waals surface area contributed by atoms with Gasteiger partial charge >= 0.3 is 0 Å². The monoisotopic (exact) mass is 370 g/mol. The summed E-state index contributed by atoms with van der Waals surface area (Å²) in [5.41, 5.74) is 2.06. The zero-order valence-corrected chi connectivity index (χ0v) is 16.5. The fourth-order valence-corrected chi connectivity index (χ4v) is 2.79. The molecular formula is C19H26N6O2. The van der Waals surface area contributed by atoms with E-state index in [9.17, 15) is 4.79 Å². The van der Waals surface area contributed by atoms with Crippen LogP contribution in [-0.2, 0) is 13.0 Å². The first-order valence-corrected chi connectivity index (χ1v) is 9.24. The van der Waals surface area contributed by atoms with Gasteiger partial charge in [0, 0.05) is 38.7 Å². The molecule has 0 aromatic carbocycles. The quantitative estimate of drug-likeness (QED) is 0.635. The van der Waals surface area contributed by atoms with Gasteiger partial charge < -0.3 is 14.0 Å². The molecular weight excluding hydrogens is 344 g/mol. The molecule has 0 aliphatic rings. The van der Waals surface area contributed by atoms with Gasteiger partial charge in [-0.3, -0.25) is 4.79 Å². The van der Waals surface area contributed by atoms with Crippen molar-refractivity contribution in [2.45, 2.75) is 46.6 Å². The van der Waals surface area contributed by atoms with E-state index in [1.165, 1.54) is 0 Å². The standard InChI is InChI=1S/C19H26N6O2/c1-12(2)10-25-11-21-15-8-14(9-20-17(15)25)19(26)24(5)7-6-16-22-18(13(3)4)27-23-16/h8-9,11-13H,6-7,10H2,1-5H3. The molecule has 3 aromatic heterocycles. The second-order valence-electron chi connectivity index (χ2n) is 7.54. The maximum atomic E-state index is 12.7. The van der Waals surface area contributed by atoms with Crippen LogP contribution in [0.2, 0.25) is 0 Å². The molecule has 0 saturated carbocycles. The number of aromatic nitrogens is 5. The summed E-state index contributed by atoms with van der Waals surface area (Å²) < 4.78 is 7.21. The molecule has 0 aliphatic heterocycles. The number of likely N-dealkylation sites (N-methyl/N-ethyl adjacent to an activating group) is 1. The molecule has 8 heteroatoms. The lowest BCUT2D eigenvalue weighted by atomic mass is 10.2. The molecule has 0 atom stereocenters. The second-order valence-corrected chi connectivity index (χ2v) is 7.54. The first-order chi connectivity index (χ1) is 12.8. The Balaban J connectivity index is 1.67. The molecule has 0 aliphatic carbocycles. The van der Waals surface area contributed by atoms with Gasteiger partial charge in [0.05, 0.1) is 11.9 Å². The predicted octanol–water partition coefficient (Wildman–Crippen LogP) is 2.91. The van der Waals surface area contributed by atoms with Gasteiger partial charge in [-0.2, -0.15) is 4.98 Å². The minimum atomic E-state index is -0.101. The normalized spacial score (nSPS) is 11.7. The summed E-state index contributed by atoms with van der Waals surface area (Å²) in [7, 11) is 1.76. The Morgan fingerprint density at radius 1 is 1.26 bits per heavy atom. The zero-order valence-electron chi connectivity index (χ0n) is 16.5. The molecule has 144 valence electrons. The summed E-state index contributed by atoms with van der Waals surface area (Å²) in [5, 5.41) is 3.96. The van der Waals surface area contributed by atoms with Crippen LogP contribution < -0.4 is 0 Å². The minimum absolute atomic E-state index is 0.101. The zero-order chi connectivity index (χ0) is 19.6. The van der Waals surface area contributed by atoms with E-state index in [1.807, 2.05) is 18.4 Å². The second kappa shape index (κ2) is 7.85. The van der Waals surface area contributed by atoms with E-state index < -0.39 is 0 Å². The smallest absolute Gasteiger partial charge is 0.255 e. The van der Waals surface area contributed by atoms with Crippen LogP contribution in [-0.4, -0.2) is 49.1 Å². The van der Waals surface area contributed by atoms with Gasteiger partial charge in [-0.15, -0.1) is 0 Å². The Morgan fingerprint density at radius 3 is 2.70 bits per heavy atom. The van der Waals surface area contributed by atoms with Gasteiger partial charge in [0.25, 0.3) is 5.91 Å². The average molecular weight is 370 g/mol. The number of amides is 1. The van der Waals surface area contributed by atoms with Crippen molar-refractivity contribution in [2.75, 3.05) is 13.6 Å². The van der Waals surface area contributed by atoms with Crippen molar-refractivity contribution in [1.82, 2.24) is 29.6 Å². The third-order valence-electron chi connectivity index (χ3n) is 4.26. The van der Waals surface area contributed by atoms with Crippen molar-refractivity contribution in [3.63, 3.8) is 0 Å². The fourth-order valence-electron chi connectivity index (χ4n) is 2.79. The number of carbonyl (C=O) groups excluding carboxylic acids is 1. The summed E-state index contributed by atoms with van der Waals surface area (Å²) in [4.78, 5) is 27.5. The third-order valence-corrected chi connectivity index (χ3v) is 4.26. The molecule has 3 rings (SSSR count). The van der Waals surface area contributed by atoms with Crippen LogP contribution in [0.15, 0.2) is 23.1 Å². The van der Waals surface area contributed by atoms with Gasteiger partial charge in [0.15, 0.2) is 11.5 Å². The first-order valence-electron chi connectivity index (χ1n) is 9.24. The lowest BCUT2D eigenvalue weighted by Crippen LogP contribution is -2.29. The summed E-state index contributed by atoms with van der Waals surface area (Å²) in [6, 6.07) is 1.79. The first kappa shape index (κ1) is 19.0. The molecule has 3 aromatic rings. The number of nitrogens with zero attached hydrogens (tertiary/aromatic N) is 6. The SMILES string of the molecule is CC(C)Cn1cnc2cc(C(=O)N(C)CCc3noc(C(C)C)n3)cnc21. The fraction of sp³-hybridized carbons (Fsp3) is 0.526. The Hall–Kier alpha value is -2.77. The van der Waals surface area contributed by atoms with Crippen molar-refractivity contribution in [1.29, 1.82) is 0 Å². The Bertz CT molecular complexity index is 927. The molecule has 0 spiro atoms. The summed E-state index contributed by atoms with van der Waals surface area (Å²) >= 11 is 0. The molecule has 27 heavy (non-hydrogen) atoms. The molecule has 0 fully saturated rings. The molecule has 1 amide bonds. The van der Waals surface area contributed by atoms with E-state index in [-0.39, 0.29) is 11.8 Å². The predicted molar refractivity (Wildman–Crippen MR) is 101 cm³/mol. The summed E-state index contributed by atoms with van der Waals surface area (Å²) in [5.74, 6) is 1.82. The molecule has 0 radical (unpaired) electrons. The summed E-state index contributed by atoms with van der Waals surface area (Å²) in [6.07, 6.45) is 3.93. The maximum absolute atomic E-state index is 12.7. The van der Waals surface area contributed by atoms with E-state index in [2.05, 4.69) is 34.0 Å². The van der Waals surface area contributed by atoms with Crippen LogP contribution in [0.1, 0.15) is 55.7 Å². The number of hydrogen-bond acceptors (Lipinski definition) is 6. The van der Waals surface area contributed by atoms with Crippen LogP contribution >= 0.6 is 0 Å². The lowest BCUT2D eigenvalue weighted by Gasteiger charge is -2.16. The van der Waals surface area contributed by atoms with E-state index >= 15 is 0 Å². The molecule has 0 saturated heterocycles. The van der Waals surface area contributed by atoms with Crippen molar-refractivity contribution in [2.24, 2.45) is 5.92 Å². The number of fused-ring (bicyclic) bond motifs is 1. The van der Waals surface area contributed by atoms with Gasteiger partial charge in [-0.05, 0) is 12.0 Å². The highest BCUT2D eigenvalue weighted by atomic mass is 16.5. The van der Waals surface area contributed by atoms with Crippen LogP contribution in [0, 0.1) is 5.92 Å². The van der Waals surface area contributed by atoms with Gasteiger partial charge in [-0.25, -0.2) is 9.97 Å². The highest BCUT2D eigenvalue weighted by molar-refractivity contribution is 5.96. The largest absolute Gasteiger partial charge is 0.341 e. The van der Waals surface area contributed by atoms with Crippen LogP contribution in [0.4, 0.5) is 0 Å². The number of rotatable bonds is 7. The van der Waals surface area contributed by atoms with Crippen molar-refractivity contribution < 1.29 is 9.32 Å². The van der Waals surface area contributed by atoms with E-state index in [1.54, 1.807) is 30.5 Å². The molecule has 0 bridgehead atoms. The summed E-state index contributed by atoms with van der Waals surface area (Å²) in [6.45, 7) is 9.63. The average Bonchev–Trinajstić information content (AvgIpc) is 3.25. The third kappa shape index (κ3) is 4.32. The molecule has 8 nitrogen and oxygen atoms in total. The van der Waals surface area contributed by atoms with Crippen molar-refractivity contribution in [3.8, 4) is 0 Å². The highest BCUT2D eigenvalue weighted by Crippen LogP contribution is 2.15. The number of carbonyl (C=O) groups is 1. The number of imidazole rings is 1. The Morgan fingerprint density at radius 2 is 2.04 bits per heavy atom. The number of pyridine rings is 1. The van der Waals surface area contributed by atoms with E-state index in [4.69, 9.17) is 4.52 Å². The minimum Gasteiger partial charge on any atom is -0.341 e. The van der Waals surface area contributed by atoms with Gasteiger partial charge in [0.1, 0.15) is 5.52 Å². The van der Waals surface area contributed by atoms with Crippen molar-refractivity contribution in [3.05, 3.63) is 35.9 Å². The molecule has 0 N–H and O–H groups in total.